The van der Waals surface area contributed by atoms with E-state index in [1.807, 2.05) is 12.1 Å². The molecule has 66 valence electrons. The van der Waals surface area contributed by atoms with Crippen molar-refractivity contribution in [3.63, 3.8) is 0 Å². The summed E-state index contributed by atoms with van der Waals surface area (Å²) >= 11 is 3.17. The number of benzene rings is 1. The van der Waals surface area contributed by atoms with E-state index in [1.165, 1.54) is 0 Å². The predicted octanol–water partition coefficient (Wildman–Crippen LogP) is 2.08. The van der Waals surface area contributed by atoms with Crippen LogP contribution in [0.25, 0.3) is 11.1 Å². The molecule has 0 atom stereocenters. The number of hydrogen-bond donors (Lipinski definition) is 0. The number of hydrogen-bond acceptors (Lipinski definition) is 3. The Labute approximate surface area is 82.5 Å². The van der Waals surface area contributed by atoms with Crippen molar-refractivity contribution in [2.45, 2.75) is 5.33 Å². The summed E-state index contributed by atoms with van der Waals surface area (Å²) in [7, 11) is 0. The van der Waals surface area contributed by atoms with Crippen molar-refractivity contribution in [1.82, 2.24) is 4.98 Å². The van der Waals surface area contributed by atoms with Crippen molar-refractivity contribution in [1.29, 1.82) is 0 Å². The highest BCUT2D eigenvalue weighted by Crippen LogP contribution is 2.09. The molecule has 0 radical (unpaired) electrons. The third-order valence-corrected chi connectivity index (χ3v) is 2.22. The number of alkyl halides is 1. The van der Waals surface area contributed by atoms with Crippen molar-refractivity contribution < 1.29 is 4.42 Å². The van der Waals surface area contributed by atoms with Gasteiger partial charge in [0.25, 0.3) is 0 Å². The van der Waals surface area contributed by atoms with E-state index in [1.54, 1.807) is 12.1 Å². The van der Waals surface area contributed by atoms with E-state index in [2.05, 4.69) is 20.9 Å². The van der Waals surface area contributed by atoms with Crippen molar-refractivity contribution >= 4 is 27.0 Å². The first-order chi connectivity index (χ1) is 6.31. The van der Waals surface area contributed by atoms with E-state index < -0.39 is 0 Å². The van der Waals surface area contributed by atoms with Crippen molar-refractivity contribution in [3.8, 4) is 0 Å². The van der Waals surface area contributed by atoms with Crippen molar-refractivity contribution in [2.24, 2.45) is 0 Å². The van der Waals surface area contributed by atoms with Crippen LogP contribution in [0.2, 0.25) is 0 Å². The molecule has 0 fully saturated rings. The van der Waals surface area contributed by atoms with Gasteiger partial charge in [-0.25, -0.2) is 9.78 Å². The summed E-state index contributed by atoms with van der Waals surface area (Å²) in [5, 5.41) is 0.417. The smallest absolute Gasteiger partial charge is 0.359 e. The van der Waals surface area contributed by atoms with Gasteiger partial charge in [0.1, 0.15) is 11.2 Å². The maximum Gasteiger partial charge on any atom is 0.359 e. The van der Waals surface area contributed by atoms with Crippen molar-refractivity contribution in [3.05, 3.63) is 40.4 Å². The topological polar surface area (TPSA) is 43.1 Å². The molecule has 2 rings (SSSR count). The second-order valence-corrected chi connectivity index (χ2v) is 3.11. The summed E-state index contributed by atoms with van der Waals surface area (Å²) in [6, 6.07) is 7.19. The summed E-state index contributed by atoms with van der Waals surface area (Å²) in [5.41, 5.74) is 1.25. The number of nitrogens with zero attached hydrogens (tertiary/aromatic N) is 1. The number of para-hydroxylation sites is 2. The van der Waals surface area contributed by atoms with E-state index in [-0.39, 0.29) is 5.63 Å². The fourth-order valence-corrected chi connectivity index (χ4v) is 1.42. The monoisotopic (exact) mass is 239 g/mol. The Morgan fingerprint density at radius 1 is 1.38 bits per heavy atom. The average molecular weight is 240 g/mol. The highest BCUT2D eigenvalue weighted by molar-refractivity contribution is 9.08. The molecule has 0 bridgehead atoms. The maximum atomic E-state index is 11.2. The molecule has 13 heavy (non-hydrogen) atoms. The Bertz CT molecular complexity index is 492. The normalized spacial score (nSPS) is 10.5. The molecule has 0 N–H and O–H groups in total. The summed E-state index contributed by atoms with van der Waals surface area (Å²) in [4.78, 5) is 15.3. The fourth-order valence-electron chi connectivity index (χ4n) is 1.07. The standard InChI is InChI=1S/C9H6BrNO2/c10-5-7-9(12)13-8-4-2-1-3-6(8)11-7/h1-4H,5H2. The minimum absolute atomic E-state index is 0.379. The van der Waals surface area contributed by atoms with Crippen LogP contribution in [-0.4, -0.2) is 4.98 Å². The minimum atomic E-state index is -0.379. The van der Waals surface area contributed by atoms with Gasteiger partial charge in [0.2, 0.25) is 0 Å². The molecule has 0 saturated carbocycles. The highest BCUT2D eigenvalue weighted by Gasteiger charge is 2.03. The van der Waals surface area contributed by atoms with Crippen LogP contribution in [0, 0.1) is 0 Å². The maximum absolute atomic E-state index is 11.2. The van der Waals surface area contributed by atoms with Crippen LogP contribution in [0.5, 0.6) is 0 Å². The van der Waals surface area contributed by atoms with Gasteiger partial charge in [0.15, 0.2) is 5.58 Å². The molecule has 0 saturated heterocycles. The van der Waals surface area contributed by atoms with E-state index in [9.17, 15) is 4.79 Å². The Morgan fingerprint density at radius 2 is 2.15 bits per heavy atom. The zero-order chi connectivity index (χ0) is 9.26. The van der Waals surface area contributed by atoms with Gasteiger partial charge in [-0.3, -0.25) is 0 Å². The fraction of sp³-hybridized carbons (Fsp3) is 0.111. The van der Waals surface area contributed by atoms with Gasteiger partial charge in [-0.15, -0.1) is 0 Å². The summed E-state index contributed by atoms with van der Waals surface area (Å²) in [5.74, 6) is 0. The number of halogens is 1. The molecule has 0 aliphatic carbocycles. The first-order valence-corrected chi connectivity index (χ1v) is 4.88. The third-order valence-electron chi connectivity index (χ3n) is 1.69. The highest BCUT2D eigenvalue weighted by atomic mass is 79.9. The molecule has 0 spiro atoms. The molecule has 1 aromatic carbocycles. The summed E-state index contributed by atoms with van der Waals surface area (Å²) in [6.07, 6.45) is 0. The zero-order valence-corrected chi connectivity index (χ0v) is 8.24. The predicted molar refractivity (Wildman–Crippen MR) is 52.9 cm³/mol. The van der Waals surface area contributed by atoms with Crippen LogP contribution in [0.4, 0.5) is 0 Å². The molecule has 0 aliphatic rings. The molecular weight excluding hydrogens is 234 g/mol. The lowest BCUT2D eigenvalue weighted by atomic mass is 10.3. The summed E-state index contributed by atoms with van der Waals surface area (Å²) in [6.45, 7) is 0. The quantitative estimate of drug-likeness (QED) is 0.716. The van der Waals surface area contributed by atoms with Crippen molar-refractivity contribution in [2.75, 3.05) is 0 Å². The Kier molecular flexibility index (Phi) is 2.14. The minimum Gasteiger partial charge on any atom is -0.420 e. The average Bonchev–Trinajstić information content (AvgIpc) is 2.17. The largest absolute Gasteiger partial charge is 0.420 e. The number of fused-ring (bicyclic) bond motifs is 1. The van der Waals surface area contributed by atoms with Gasteiger partial charge in [-0.1, -0.05) is 28.1 Å². The van der Waals surface area contributed by atoms with Gasteiger partial charge in [0, 0.05) is 0 Å². The van der Waals surface area contributed by atoms with E-state index >= 15 is 0 Å². The van der Waals surface area contributed by atoms with Gasteiger partial charge in [-0.2, -0.15) is 0 Å². The molecule has 0 unspecified atom stereocenters. The first-order valence-electron chi connectivity index (χ1n) is 3.76. The number of aromatic nitrogens is 1. The number of rotatable bonds is 1. The molecule has 1 heterocycles. The SMILES string of the molecule is O=c1oc2ccccc2nc1CBr. The lowest BCUT2D eigenvalue weighted by molar-refractivity contribution is 0.546. The Hall–Kier alpha value is -1.16. The molecule has 0 aliphatic heterocycles. The van der Waals surface area contributed by atoms with E-state index in [0.717, 1.165) is 0 Å². The van der Waals surface area contributed by atoms with Gasteiger partial charge >= 0.3 is 5.63 Å². The summed E-state index contributed by atoms with van der Waals surface area (Å²) < 4.78 is 5.04. The Morgan fingerprint density at radius 3 is 2.92 bits per heavy atom. The first kappa shape index (κ1) is 8.44. The molecule has 0 amide bonds. The molecule has 3 nitrogen and oxygen atoms in total. The van der Waals surface area contributed by atoms with E-state index in [4.69, 9.17) is 4.42 Å². The lowest BCUT2D eigenvalue weighted by Gasteiger charge is -1.96. The van der Waals surface area contributed by atoms with Crippen LogP contribution in [-0.2, 0) is 5.33 Å². The lowest BCUT2D eigenvalue weighted by Crippen LogP contribution is -2.07. The second kappa shape index (κ2) is 3.30. The van der Waals surface area contributed by atoms with E-state index in [0.29, 0.717) is 22.1 Å². The van der Waals surface area contributed by atoms with Gasteiger partial charge in [-0.05, 0) is 12.1 Å². The van der Waals surface area contributed by atoms with Crippen LogP contribution >= 0.6 is 15.9 Å². The van der Waals surface area contributed by atoms with Gasteiger partial charge < -0.3 is 4.42 Å². The third kappa shape index (κ3) is 1.49. The molecular formula is C9H6BrNO2. The molecule has 4 heteroatoms. The van der Waals surface area contributed by atoms with Crippen LogP contribution in [0.15, 0.2) is 33.5 Å². The van der Waals surface area contributed by atoms with Crippen LogP contribution in [0.3, 0.4) is 0 Å². The zero-order valence-electron chi connectivity index (χ0n) is 6.66. The Balaban J connectivity index is 2.81. The van der Waals surface area contributed by atoms with Gasteiger partial charge in [0.05, 0.1) is 5.33 Å². The molecule has 2 aromatic rings. The van der Waals surface area contributed by atoms with Crippen LogP contribution < -0.4 is 5.63 Å². The van der Waals surface area contributed by atoms with Crippen LogP contribution in [0.1, 0.15) is 5.69 Å². The molecule has 1 aromatic heterocycles. The second-order valence-electron chi connectivity index (χ2n) is 2.55.